The van der Waals surface area contributed by atoms with Gasteiger partial charge in [-0.1, -0.05) is 211 Å². The smallest absolute Gasteiger partial charge is 0.220 e. The van der Waals surface area contributed by atoms with Gasteiger partial charge in [0.2, 0.25) is 5.91 Å². The van der Waals surface area contributed by atoms with Gasteiger partial charge in [0.15, 0.2) is 6.29 Å². The minimum Gasteiger partial charge on any atom is -0.394 e. The minimum absolute atomic E-state index is 0.204. The number of rotatable bonds is 42. The van der Waals surface area contributed by atoms with Gasteiger partial charge >= 0.3 is 0 Å². The minimum atomic E-state index is -1.57. The van der Waals surface area contributed by atoms with Gasteiger partial charge in [-0.15, -0.1) is 0 Å². The largest absolute Gasteiger partial charge is 0.394 e. The van der Waals surface area contributed by atoms with E-state index in [1.54, 1.807) is 6.08 Å². The number of hydrogen-bond donors (Lipinski definition) is 6. The highest BCUT2D eigenvalue weighted by atomic mass is 16.7. The SMILES string of the molecule is CCCCCCCCCCCCCCCCCCCCCCCC/C=C/CC/C=C/CC/C=C/C(O)C(COC1OC(CO)C(O)C(O)C1O)NC(=O)CCCCCCC. The molecule has 0 aliphatic carbocycles. The van der Waals surface area contributed by atoms with Crippen LogP contribution < -0.4 is 5.32 Å². The average Bonchev–Trinajstić information content (AvgIpc) is 3.25. The molecule has 6 N–H and O–H groups in total. The summed E-state index contributed by atoms with van der Waals surface area (Å²) in [6.07, 6.45) is 45.7. The lowest BCUT2D eigenvalue weighted by Gasteiger charge is -2.40. The van der Waals surface area contributed by atoms with Crippen LogP contribution in [0.3, 0.4) is 0 Å². The van der Waals surface area contributed by atoms with E-state index < -0.39 is 49.5 Å². The van der Waals surface area contributed by atoms with Gasteiger partial charge in [-0.3, -0.25) is 4.79 Å². The van der Waals surface area contributed by atoms with E-state index in [4.69, 9.17) is 9.47 Å². The lowest BCUT2D eigenvalue weighted by molar-refractivity contribution is -0.302. The second-order valence-electron chi connectivity index (χ2n) is 17.6. The van der Waals surface area contributed by atoms with Gasteiger partial charge in [0.25, 0.3) is 0 Å². The van der Waals surface area contributed by atoms with Gasteiger partial charge in [-0.05, 0) is 44.9 Å². The highest BCUT2D eigenvalue weighted by molar-refractivity contribution is 5.76. The lowest BCUT2D eigenvalue weighted by Crippen LogP contribution is -2.60. The quantitative estimate of drug-likeness (QED) is 0.0263. The molecule has 1 heterocycles. The predicted octanol–water partition coefficient (Wildman–Crippen LogP) is 11.2. The van der Waals surface area contributed by atoms with Crippen LogP contribution in [0.5, 0.6) is 0 Å². The van der Waals surface area contributed by atoms with Gasteiger partial charge < -0.3 is 40.3 Å². The van der Waals surface area contributed by atoms with Crippen LogP contribution in [0.1, 0.15) is 226 Å². The normalized spacial score (nSPS) is 20.8. The van der Waals surface area contributed by atoms with E-state index in [1.807, 2.05) is 6.08 Å². The molecule has 0 saturated carbocycles. The van der Waals surface area contributed by atoms with Crippen molar-refractivity contribution in [2.24, 2.45) is 0 Å². The number of carbonyl (C=O) groups is 1. The van der Waals surface area contributed by atoms with Gasteiger partial charge in [-0.2, -0.15) is 0 Å². The molecule has 0 radical (unpaired) electrons. The van der Waals surface area contributed by atoms with Crippen LogP contribution in [0.4, 0.5) is 0 Å². The second-order valence-corrected chi connectivity index (χ2v) is 17.6. The number of ether oxygens (including phenoxy) is 2. The number of unbranched alkanes of at least 4 members (excludes halogenated alkanes) is 28. The molecule has 0 aromatic rings. The molecule has 1 aliphatic rings. The Morgan fingerprint density at radius 2 is 0.950 bits per heavy atom. The Hall–Kier alpha value is -1.59. The van der Waals surface area contributed by atoms with Crippen molar-refractivity contribution in [1.82, 2.24) is 5.32 Å². The molecule has 7 unspecified atom stereocenters. The van der Waals surface area contributed by atoms with Gasteiger partial charge in [0.05, 0.1) is 25.4 Å². The van der Waals surface area contributed by atoms with Crippen molar-refractivity contribution < 1.29 is 39.8 Å². The lowest BCUT2D eigenvalue weighted by atomic mass is 9.99. The average molecular weight is 850 g/mol. The van der Waals surface area contributed by atoms with Crippen molar-refractivity contribution in [3.8, 4) is 0 Å². The molecule has 0 bridgehead atoms. The third-order valence-corrected chi connectivity index (χ3v) is 11.9. The van der Waals surface area contributed by atoms with Crippen molar-refractivity contribution in [2.45, 2.75) is 269 Å². The fourth-order valence-corrected chi connectivity index (χ4v) is 7.89. The second kappa shape index (κ2) is 41.4. The standard InChI is InChI=1S/C51H95NO8/c1-3-5-7-9-10-11-12-13-14-15-16-17-18-19-20-21-22-23-24-25-26-27-28-29-30-31-32-33-34-35-37-38-40-45(54)44(52-47(55)41-39-36-8-6-4-2)43-59-51-50(58)49(57)48(56)46(42-53)60-51/h29-30,33-34,38,40,44-46,48-51,53-54,56-58H,3-28,31-32,35-37,39,41-43H2,1-2H3,(H,52,55)/b30-29+,34-33+,40-38+. The van der Waals surface area contributed by atoms with Crippen LogP contribution in [0.15, 0.2) is 36.5 Å². The number of hydrogen-bond acceptors (Lipinski definition) is 8. The van der Waals surface area contributed by atoms with Crippen molar-refractivity contribution in [1.29, 1.82) is 0 Å². The molecular weight excluding hydrogens is 755 g/mol. The maximum absolute atomic E-state index is 12.7. The zero-order valence-electron chi connectivity index (χ0n) is 38.7. The summed E-state index contributed by atoms with van der Waals surface area (Å²) in [5.41, 5.74) is 0. The summed E-state index contributed by atoms with van der Waals surface area (Å²) in [7, 11) is 0. The van der Waals surface area contributed by atoms with Crippen molar-refractivity contribution in [2.75, 3.05) is 13.2 Å². The Balaban J connectivity index is 2.11. The molecule has 1 amide bonds. The number of aliphatic hydroxyl groups excluding tert-OH is 5. The van der Waals surface area contributed by atoms with E-state index in [0.717, 1.165) is 57.8 Å². The first kappa shape index (κ1) is 56.4. The van der Waals surface area contributed by atoms with E-state index in [1.165, 1.54) is 148 Å². The summed E-state index contributed by atoms with van der Waals surface area (Å²) in [4.78, 5) is 12.7. The molecule has 0 aromatic carbocycles. The van der Waals surface area contributed by atoms with E-state index in [-0.39, 0.29) is 12.5 Å². The van der Waals surface area contributed by atoms with E-state index >= 15 is 0 Å². The zero-order chi connectivity index (χ0) is 43.7. The third-order valence-electron chi connectivity index (χ3n) is 11.9. The Labute approximate surface area is 368 Å². The first-order valence-corrected chi connectivity index (χ1v) is 25.2. The zero-order valence-corrected chi connectivity index (χ0v) is 38.7. The van der Waals surface area contributed by atoms with Crippen LogP contribution >= 0.6 is 0 Å². The van der Waals surface area contributed by atoms with Crippen LogP contribution in [0, 0.1) is 0 Å². The Bertz CT molecular complexity index is 1030. The highest BCUT2D eigenvalue weighted by Crippen LogP contribution is 2.23. The maximum Gasteiger partial charge on any atom is 0.220 e. The fourth-order valence-electron chi connectivity index (χ4n) is 7.89. The number of carbonyl (C=O) groups excluding carboxylic acids is 1. The molecular formula is C51H95NO8. The molecule has 7 atom stereocenters. The molecule has 352 valence electrons. The van der Waals surface area contributed by atoms with E-state index in [9.17, 15) is 30.3 Å². The molecule has 1 fully saturated rings. The topological polar surface area (TPSA) is 149 Å². The molecule has 9 nitrogen and oxygen atoms in total. The summed E-state index contributed by atoms with van der Waals surface area (Å²) in [6, 6.07) is -0.822. The summed E-state index contributed by atoms with van der Waals surface area (Å²) < 4.78 is 11.1. The van der Waals surface area contributed by atoms with Gasteiger partial charge in [-0.25, -0.2) is 0 Å². The summed E-state index contributed by atoms with van der Waals surface area (Å²) in [5.74, 6) is -0.204. The molecule has 1 saturated heterocycles. The highest BCUT2D eigenvalue weighted by Gasteiger charge is 2.44. The van der Waals surface area contributed by atoms with Crippen molar-refractivity contribution >= 4 is 5.91 Å². The molecule has 0 aromatic heterocycles. The maximum atomic E-state index is 12.7. The molecule has 60 heavy (non-hydrogen) atoms. The first-order valence-electron chi connectivity index (χ1n) is 25.2. The number of nitrogens with one attached hydrogen (secondary N) is 1. The van der Waals surface area contributed by atoms with Crippen molar-refractivity contribution in [3.63, 3.8) is 0 Å². The molecule has 1 rings (SSSR count). The van der Waals surface area contributed by atoms with Crippen LogP contribution in [0.2, 0.25) is 0 Å². The van der Waals surface area contributed by atoms with Crippen molar-refractivity contribution in [3.05, 3.63) is 36.5 Å². The van der Waals surface area contributed by atoms with E-state index in [0.29, 0.717) is 6.42 Å². The summed E-state index contributed by atoms with van der Waals surface area (Å²) in [5, 5.41) is 53.8. The number of aliphatic hydroxyl groups is 5. The molecule has 1 aliphatic heterocycles. The monoisotopic (exact) mass is 850 g/mol. The Morgan fingerprint density at radius 1 is 0.550 bits per heavy atom. The first-order chi connectivity index (χ1) is 29.3. The van der Waals surface area contributed by atoms with Gasteiger partial charge in [0, 0.05) is 6.42 Å². The van der Waals surface area contributed by atoms with Crippen LogP contribution in [-0.2, 0) is 14.3 Å². The number of allylic oxidation sites excluding steroid dienone is 5. The molecule has 0 spiro atoms. The Kier molecular flexibility index (Phi) is 39.0. The summed E-state index contributed by atoms with van der Waals surface area (Å²) >= 11 is 0. The van der Waals surface area contributed by atoms with E-state index in [2.05, 4.69) is 43.5 Å². The third kappa shape index (κ3) is 31.3. The fraction of sp³-hybridized carbons (Fsp3) is 0.863. The van der Waals surface area contributed by atoms with Gasteiger partial charge in [0.1, 0.15) is 24.4 Å². The van der Waals surface area contributed by atoms with Crippen LogP contribution in [0.25, 0.3) is 0 Å². The Morgan fingerprint density at radius 3 is 1.40 bits per heavy atom. The molecule has 9 heteroatoms. The summed E-state index contributed by atoms with van der Waals surface area (Å²) in [6.45, 7) is 3.66. The predicted molar refractivity (Wildman–Crippen MR) is 249 cm³/mol. The number of amides is 1. The van der Waals surface area contributed by atoms with Crippen LogP contribution in [-0.4, -0.2) is 87.5 Å².